The van der Waals surface area contributed by atoms with Crippen LogP contribution < -0.4 is 10.6 Å². The van der Waals surface area contributed by atoms with Gasteiger partial charge in [-0.05, 0) is 37.0 Å². The van der Waals surface area contributed by atoms with Crippen LogP contribution in [-0.2, 0) is 14.3 Å². The van der Waals surface area contributed by atoms with E-state index in [1.807, 2.05) is 0 Å². The molecule has 1 aliphatic carbocycles. The molecule has 7 heteroatoms. The highest BCUT2D eigenvalue weighted by molar-refractivity contribution is 5.64. The first-order chi connectivity index (χ1) is 13.7. The summed E-state index contributed by atoms with van der Waals surface area (Å²) in [6.45, 7) is 12.3. The lowest BCUT2D eigenvalue weighted by Gasteiger charge is -2.49. The molecule has 0 bridgehead atoms. The van der Waals surface area contributed by atoms with Crippen molar-refractivity contribution >= 4 is 12.5 Å². The lowest BCUT2D eigenvalue weighted by atomic mass is 9.62. The molecular formula is C22H42N2O5. The van der Waals surface area contributed by atoms with Crippen molar-refractivity contribution in [2.75, 3.05) is 19.8 Å². The van der Waals surface area contributed by atoms with Crippen LogP contribution in [0, 0.1) is 16.7 Å². The zero-order valence-corrected chi connectivity index (χ0v) is 19.0. The number of hydrogen-bond donors (Lipinski definition) is 3. The molecule has 1 aliphatic rings. The van der Waals surface area contributed by atoms with Crippen molar-refractivity contribution in [3.63, 3.8) is 0 Å². The Balaban J connectivity index is 2.60. The van der Waals surface area contributed by atoms with E-state index in [9.17, 15) is 9.59 Å². The third-order valence-electron chi connectivity index (χ3n) is 5.98. The molecule has 7 nitrogen and oxygen atoms in total. The minimum atomic E-state index is -1.02. The Morgan fingerprint density at radius 3 is 2.55 bits per heavy atom. The van der Waals surface area contributed by atoms with Crippen LogP contribution in [0.4, 0.5) is 4.79 Å². The fourth-order valence-electron chi connectivity index (χ4n) is 4.90. The van der Waals surface area contributed by atoms with Gasteiger partial charge in [-0.25, -0.2) is 4.79 Å². The third-order valence-corrected chi connectivity index (χ3v) is 5.98. The Kier molecular flexibility index (Phi) is 11.0. The van der Waals surface area contributed by atoms with E-state index in [0.717, 1.165) is 25.9 Å². The summed E-state index contributed by atoms with van der Waals surface area (Å²) in [6.07, 6.45) is 6.10. The van der Waals surface area contributed by atoms with Crippen molar-refractivity contribution in [1.29, 1.82) is 0 Å². The van der Waals surface area contributed by atoms with Gasteiger partial charge < -0.3 is 25.2 Å². The number of ether oxygens (including phenoxy) is 2. The number of carboxylic acid groups (broad SMARTS) is 1. The van der Waals surface area contributed by atoms with Gasteiger partial charge in [0.15, 0.2) is 0 Å². The number of amides is 2. The fourth-order valence-corrected chi connectivity index (χ4v) is 4.90. The van der Waals surface area contributed by atoms with E-state index in [0.29, 0.717) is 32.0 Å². The molecule has 1 saturated carbocycles. The predicted octanol–water partition coefficient (Wildman–Crippen LogP) is 4.16. The molecule has 0 aromatic carbocycles. The summed E-state index contributed by atoms with van der Waals surface area (Å²) in [7, 11) is 0. The first-order valence-corrected chi connectivity index (χ1v) is 11.0. The maximum Gasteiger partial charge on any atom is 0.404 e. The molecule has 1 rings (SSSR count). The Labute approximate surface area is 176 Å². The quantitative estimate of drug-likeness (QED) is 0.225. The number of carbonyl (C=O) groups is 2. The molecule has 0 radical (unpaired) electrons. The predicted molar refractivity (Wildman–Crippen MR) is 114 cm³/mol. The van der Waals surface area contributed by atoms with Crippen molar-refractivity contribution in [1.82, 2.24) is 10.6 Å². The molecule has 4 atom stereocenters. The molecule has 2 amide bonds. The normalized spacial score (nSPS) is 25.8. The van der Waals surface area contributed by atoms with Gasteiger partial charge in [-0.2, -0.15) is 0 Å². The Hall–Kier alpha value is -1.34. The zero-order chi connectivity index (χ0) is 21.9. The van der Waals surface area contributed by atoms with Gasteiger partial charge in [0.05, 0.1) is 13.2 Å². The van der Waals surface area contributed by atoms with Crippen LogP contribution in [0.1, 0.15) is 79.6 Å². The van der Waals surface area contributed by atoms with E-state index in [1.54, 1.807) is 0 Å². The summed E-state index contributed by atoms with van der Waals surface area (Å²) >= 11 is 0. The molecule has 0 aromatic rings. The molecule has 0 saturated heterocycles. The molecule has 0 aliphatic heterocycles. The van der Waals surface area contributed by atoms with E-state index in [1.165, 1.54) is 19.3 Å². The van der Waals surface area contributed by atoms with Gasteiger partial charge in [0.25, 0.3) is 0 Å². The molecule has 170 valence electrons. The monoisotopic (exact) mass is 414 g/mol. The van der Waals surface area contributed by atoms with Gasteiger partial charge in [-0.1, -0.05) is 53.9 Å². The smallest absolute Gasteiger partial charge is 0.404 e. The standard InChI is InChI=1S/C22H42N2O5/c1-6-8-9-17(7-2)14-28-10-11-29-19(23-16-25)22(5)13-18(24-20(26)27)12-21(3,4)15-22/h16-19,24H,6-15H2,1-5H3,(H,23,25)(H,26,27). The van der Waals surface area contributed by atoms with E-state index in [-0.39, 0.29) is 16.9 Å². The topological polar surface area (TPSA) is 96.9 Å². The van der Waals surface area contributed by atoms with Crippen molar-refractivity contribution in [2.45, 2.75) is 91.8 Å². The molecule has 0 spiro atoms. The van der Waals surface area contributed by atoms with Crippen LogP contribution in [0.25, 0.3) is 0 Å². The first-order valence-electron chi connectivity index (χ1n) is 11.0. The second-order valence-electron chi connectivity index (χ2n) is 9.58. The van der Waals surface area contributed by atoms with Gasteiger partial charge >= 0.3 is 6.09 Å². The zero-order valence-electron chi connectivity index (χ0n) is 19.0. The average Bonchev–Trinajstić information content (AvgIpc) is 2.60. The van der Waals surface area contributed by atoms with Crippen molar-refractivity contribution in [3.05, 3.63) is 0 Å². The summed E-state index contributed by atoms with van der Waals surface area (Å²) < 4.78 is 11.8. The molecule has 3 N–H and O–H groups in total. The van der Waals surface area contributed by atoms with E-state index in [4.69, 9.17) is 14.6 Å². The van der Waals surface area contributed by atoms with E-state index in [2.05, 4.69) is 45.3 Å². The largest absolute Gasteiger partial charge is 0.465 e. The number of unbranched alkanes of at least 4 members (excludes halogenated alkanes) is 1. The second-order valence-corrected chi connectivity index (χ2v) is 9.58. The first kappa shape index (κ1) is 25.7. The number of nitrogens with one attached hydrogen (secondary N) is 2. The Bertz CT molecular complexity index is 500. The maximum absolute atomic E-state index is 11.2. The highest BCUT2D eigenvalue weighted by Gasteiger charge is 2.46. The molecule has 1 fully saturated rings. The van der Waals surface area contributed by atoms with E-state index < -0.39 is 12.3 Å². The maximum atomic E-state index is 11.2. The molecule has 29 heavy (non-hydrogen) atoms. The second kappa shape index (κ2) is 12.4. The molecule has 0 aromatic heterocycles. The Morgan fingerprint density at radius 1 is 1.24 bits per heavy atom. The van der Waals surface area contributed by atoms with E-state index >= 15 is 0 Å². The lowest BCUT2D eigenvalue weighted by Crippen LogP contribution is -2.55. The number of rotatable bonds is 14. The SMILES string of the molecule is CCCCC(CC)COCCOC(NC=O)C1(C)CC(NC(=O)O)CC(C)(C)C1. The van der Waals surface area contributed by atoms with Crippen LogP contribution in [-0.4, -0.2) is 49.7 Å². The van der Waals surface area contributed by atoms with Gasteiger partial charge in [-0.15, -0.1) is 0 Å². The van der Waals surface area contributed by atoms with Gasteiger partial charge in [-0.3, -0.25) is 4.79 Å². The van der Waals surface area contributed by atoms with Crippen LogP contribution in [0.5, 0.6) is 0 Å². The van der Waals surface area contributed by atoms with Crippen LogP contribution in [0.2, 0.25) is 0 Å². The van der Waals surface area contributed by atoms with Gasteiger partial charge in [0.2, 0.25) is 6.41 Å². The third kappa shape index (κ3) is 9.34. The van der Waals surface area contributed by atoms with Crippen molar-refractivity contribution in [3.8, 4) is 0 Å². The lowest BCUT2D eigenvalue weighted by molar-refractivity contribution is -0.129. The average molecular weight is 415 g/mol. The molecule has 4 unspecified atom stereocenters. The highest BCUT2D eigenvalue weighted by Crippen LogP contribution is 2.48. The summed E-state index contributed by atoms with van der Waals surface area (Å²) in [6, 6.07) is -0.166. The van der Waals surface area contributed by atoms with Crippen molar-refractivity contribution < 1.29 is 24.2 Å². The van der Waals surface area contributed by atoms with Gasteiger partial charge in [0, 0.05) is 18.1 Å². The van der Waals surface area contributed by atoms with Crippen molar-refractivity contribution in [2.24, 2.45) is 16.7 Å². The minimum absolute atomic E-state index is 0.0591. The summed E-state index contributed by atoms with van der Waals surface area (Å²) in [5.74, 6) is 0.582. The van der Waals surface area contributed by atoms with Crippen LogP contribution >= 0.6 is 0 Å². The summed E-state index contributed by atoms with van der Waals surface area (Å²) in [5, 5.41) is 14.6. The molecular weight excluding hydrogens is 372 g/mol. The Morgan fingerprint density at radius 2 is 1.97 bits per heavy atom. The fraction of sp³-hybridized carbons (Fsp3) is 0.909. The number of carbonyl (C=O) groups excluding carboxylic acids is 1. The minimum Gasteiger partial charge on any atom is -0.465 e. The highest BCUT2D eigenvalue weighted by atomic mass is 16.5. The van der Waals surface area contributed by atoms with Gasteiger partial charge in [0.1, 0.15) is 6.23 Å². The molecule has 0 heterocycles. The van der Waals surface area contributed by atoms with Crippen LogP contribution in [0.3, 0.4) is 0 Å². The summed E-state index contributed by atoms with van der Waals surface area (Å²) in [4.78, 5) is 22.4. The summed E-state index contributed by atoms with van der Waals surface area (Å²) in [5.41, 5.74) is -0.431. The number of hydrogen-bond acceptors (Lipinski definition) is 4. The van der Waals surface area contributed by atoms with Crippen LogP contribution in [0.15, 0.2) is 0 Å².